The van der Waals surface area contributed by atoms with Crippen LogP contribution in [0.5, 0.6) is 0 Å². The molecular formula is C13H14FN3O2S. The first kappa shape index (κ1) is 14.4. The zero-order chi connectivity index (χ0) is 14.7. The predicted octanol–water partition coefficient (Wildman–Crippen LogP) is 3.93. The number of rotatable bonds is 5. The third-order valence-electron chi connectivity index (χ3n) is 2.60. The van der Waals surface area contributed by atoms with Crippen LogP contribution in [0.25, 0.3) is 11.3 Å². The highest BCUT2D eigenvalue weighted by atomic mass is 32.1. The van der Waals surface area contributed by atoms with E-state index in [1.165, 1.54) is 23.5 Å². The molecule has 0 aliphatic carbocycles. The number of hydrogen-bond acceptors (Lipinski definition) is 5. The van der Waals surface area contributed by atoms with Gasteiger partial charge in [0.1, 0.15) is 0 Å². The second-order valence-electron chi connectivity index (χ2n) is 4.74. The van der Waals surface area contributed by atoms with Gasteiger partial charge in [0, 0.05) is 23.6 Å². The highest BCUT2D eigenvalue weighted by Gasteiger charge is 2.16. The smallest absolute Gasteiger partial charge is 0.305 e. The molecule has 0 saturated carbocycles. The Labute approximate surface area is 119 Å². The van der Waals surface area contributed by atoms with Gasteiger partial charge in [0.15, 0.2) is 5.13 Å². The van der Waals surface area contributed by atoms with Crippen LogP contribution in [-0.4, -0.2) is 16.5 Å². The van der Waals surface area contributed by atoms with Gasteiger partial charge in [-0.3, -0.25) is 10.1 Å². The van der Waals surface area contributed by atoms with Gasteiger partial charge in [-0.05, 0) is 18.1 Å². The van der Waals surface area contributed by atoms with Crippen molar-refractivity contribution in [1.82, 2.24) is 4.98 Å². The van der Waals surface area contributed by atoms with Crippen LogP contribution in [-0.2, 0) is 0 Å². The summed E-state index contributed by atoms with van der Waals surface area (Å²) in [6.45, 7) is 4.98. The van der Waals surface area contributed by atoms with E-state index in [1.807, 2.05) is 0 Å². The maximum Gasteiger partial charge on any atom is 0.305 e. The highest BCUT2D eigenvalue weighted by Crippen LogP contribution is 2.29. The average Bonchev–Trinajstić information content (AvgIpc) is 2.85. The minimum atomic E-state index is -0.841. The van der Waals surface area contributed by atoms with E-state index in [1.54, 1.807) is 5.38 Å². The lowest BCUT2D eigenvalue weighted by Crippen LogP contribution is -2.07. The van der Waals surface area contributed by atoms with E-state index in [4.69, 9.17) is 0 Å². The summed E-state index contributed by atoms with van der Waals surface area (Å²) in [6.07, 6.45) is 0. The standard InChI is InChI=1S/C13H14FN3O2S/c1-8(2)6-15-13-16-11(7-20-13)9-3-4-10(14)12(5-9)17(18)19/h3-5,7-8H,6H2,1-2H3,(H,15,16). The summed E-state index contributed by atoms with van der Waals surface area (Å²) in [4.78, 5) is 14.3. The van der Waals surface area contributed by atoms with Gasteiger partial charge in [-0.25, -0.2) is 4.98 Å². The van der Waals surface area contributed by atoms with E-state index in [-0.39, 0.29) is 0 Å². The maximum atomic E-state index is 13.3. The van der Waals surface area contributed by atoms with Gasteiger partial charge in [-0.15, -0.1) is 11.3 Å². The predicted molar refractivity (Wildman–Crippen MR) is 77.5 cm³/mol. The van der Waals surface area contributed by atoms with Crippen LogP contribution in [0, 0.1) is 21.8 Å². The van der Waals surface area contributed by atoms with Crippen LogP contribution in [0.1, 0.15) is 13.8 Å². The van der Waals surface area contributed by atoms with E-state index in [2.05, 4.69) is 24.1 Å². The summed E-state index contributed by atoms with van der Waals surface area (Å²) < 4.78 is 13.3. The molecule has 7 heteroatoms. The quantitative estimate of drug-likeness (QED) is 0.670. The van der Waals surface area contributed by atoms with Gasteiger partial charge in [0.05, 0.1) is 10.6 Å². The molecule has 2 aromatic rings. The molecule has 106 valence electrons. The number of halogens is 1. The van der Waals surface area contributed by atoms with Crippen molar-refractivity contribution in [3.05, 3.63) is 39.5 Å². The maximum absolute atomic E-state index is 13.3. The van der Waals surface area contributed by atoms with Crippen LogP contribution < -0.4 is 5.32 Å². The Morgan fingerprint density at radius 2 is 2.25 bits per heavy atom. The van der Waals surface area contributed by atoms with E-state index in [0.29, 0.717) is 17.2 Å². The molecule has 20 heavy (non-hydrogen) atoms. The molecule has 5 nitrogen and oxygen atoms in total. The summed E-state index contributed by atoms with van der Waals surface area (Å²) in [5, 5.41) is 16.4. The molecule has 0 aliphatic rings. The summed E-state index contributed by atoms with van der Waals surface area (Å²) in [5.74, 6) is -0.346. The van der Waals surface area contributed by atoms with Crippen LogP contribution >= 0.6 is 11.3 Å². The summed E-state index contributed by atoms with van der Waals surface area (Å²) in [6, 6.07) is 3.79. The SMILES string of the molecule is CC(C)CNc1nc(-c2ccc(F)c([N+](=O)[O-])c2)cs1. The number of thiazole rings is 1. The molecule has 0 spiro atoms. The van der Waals surface area contributed by atoms with E-state index >= 15 is 0 Å². The molecule has 1 N–H and O–H groups in total. The third-order valence-corrected chi connectivity index (χ3v) is 3.40. The van der Waals surface area contributed by atoms with E-state index in [9.17, 15) is 14.5 Å². The fourth-order valence-electron chi connectivity index (χ4n) is 1.59. The first-order valence-electron chi connectivity index (χ1n) is 6.11. The molecular weight excluding hydrogens is 281 g/mol. The van der Waals surface area contributed by atoms with Gasteiger partial charge in [0.2, 0.25) is 5.82 Å². The van der Waals surface area contributed by atoms with Crippen LogP contribution in [0.4, 0.5) is 15.2 Å². The number of nitro groups is 1. The molecule has 2 rings (SSSR count). The van der Waals surface area contributed by atoms with Crippen molar-refractivity contribution in [2.24, 2.45) is 5.92 Å². The van der Waals surface area contributed by atoms with Crippen molar-refractivity contribution in [3.63, 3.8) is 0 Å². The lowest BCUT2D eigenvalue weighted by atomic mass is 10.1. The number of nitro benzene ring substituents is 1. The molecule has 1 aromatic carbocycles. The minimum absolute atomic E-state index is 0.495. The first-order chi connectivity index (χ1) is 9.47. The van der Waals surface area contributed by atoms with Crippen LogP contribution in [0.15, 0.2) is 23.6 Å². The van der Waals surface area contributed by atoms with Gasteiger partial charge in [-0.1, -0.05) is 13.8 Å². The third kappa shape index (κ3) is 3.30. The van der Waals surface area contributed by atoms with Crippen molar-refractivity contribution in [1.29, 1.82) is 0 Å². The summed E-state index contributed by atoms with van der Waals surface area (Å²) >= 11 is 1.42. The Hall–Kier alpha value is -2.02. The van der Waals surface area contributed by atoms with Crippen LogP contribution in [0.2, 0.25) is 0 Å². The number of benzene rings is 1. The molecule has 0 unspecified atom stereocenters. The Bertz CT molecular complexity index is 628. The van der Waals surface area contributed by atoms with Gasteiger partial charge in [-0.2, -0.15) is 4.39 Å². The Morgan fingerprint density at radius 3 is 2.90 bits per heavy atom. The Kier molecular flexibility index (Phi) is 4.29. The number of hydrogen-bond donors (Lipinski definition) is 1. The van der Waals surface area contributed by atoms with Crippen molar-refractivity contribution in [2.75, 3.05) is 11.9 Å². The number of anilines is 1. The summed E-state index contributed by atoms with van der Waals surface area (Å²) in [5.41, 5.74) is 0.600. The molecule has 0 saturated heterocycles. The molecule has 0 fully saturated rings. The molecule has 0 aliphatic heterocycles. The van der Waals surface area contributed by atoms with Crippen molar-refractivity contribution >= 4 is 22.2 Å². The number of aromatic nitrogens is 1. The van der Waals surface area contributed by atoms with Crippen molar-refractivity contribution in [3.8, 4) is 11.3 Å². The summed E-state index contributed by atoms with van der Waals surface area (Å²) in [7, 11) is 0. The molecule has 0 radical (unpaired) electrons. The Morgan fingerprint density at radius 1 is 1.50 bits per heavy atom. The molecule has 0 amide bonds. The zero-order valence-corrected chi connectivity index (χ0v) is 11.9. The van der Waals surface area contributed by atoms with Gasteiger partial charge < -0.3 is 5.32 Å². The monoisotopic (exact) mass is 295 g/mol. The van der Waals surface area contributed by atoms with E-state index in [0.717, 1.165) is 17.7 Å². The van der Waals surface area contributed by atoms with Crippen molar-refractivity contribution in [2.45, 2.75) is 13.8 Å². The number of nitrogens with zero attached hydrogens (tertiary/aromatic N) is 2. The lowest BCUT2D eigenvalue weighted by Gasteiger charge is -2.04. The van der Waals surface area contributed by atoms with Gasteiger partial charge in [0.25, 0.3) is 0 Å². The van der Waals surface area contributed by atoms with Crippen LogP contribution in [0.3, 0.4) is 0 Å². The molecule has 0 bridgehead atoms. The normalized spacial score (nSPS) is 10.8. The molecule has 1 heterocycles. The zero-order valence-electron chi connectivity index (χ0n) is 11.1. The molecule has 1 aromatic heterocycles. The van der Waals surface area contributed by atoms with E-state index < -0.39 is 16.4 Å². The fraction of sp³-hybridized carbons (Fsp3) is 0.308. The topological polar surface area (TPSA) is 68.1 Å². The first-order valence-corrected chi connectivity index (χ1v) is 6.99. The lowest BCUT2D eigenvalue weighted by molar-refractivity contribution is -0.387. The number of nitrogens with one attached hydrogen (secondary N) is 1. The molecule has 0 atom stereocenters. The van der Waals surface area contributed by atoms with Gasteiger partial charge >= 0.3 is 5.69 Å². The fourth-order valence-corrected chi connectivity index (χ4v) is 2.32. The Balaban J connectivity index is 2.24. The second kappa shape index (κ2) is 5.96. The highest BCUT2D eigenvalue weighted by molar-refractivity contribution is 7.14. The average molecular weight is 295 g/mol. The minimum Gasteiger partial charge on any atom is -0.361 e. The largest absolute Gasteiger partial charge is 0.361 e. The van der Waals surface area contributed by atoms with Crippen molar-refractivity contribution < 1.29 is 9.31 Å². The second-order valence-corrected chi connectivity index (χ2v) is 5.59.